The molecule has 2 amide bonds. The molecule has 0 spiro atoms. The Morgan fingerprint density at radius 3 is 2.41 bits per heavy atom. The predicted octanol–water partition coefficient (Wildman–Crippen LogP) is 3.24. The molecule has 0 unspecified atom stereocenters. The molecule has 6 heteroatoms. The Hall–Kier alpha value is -3.41. The number of hydrogen-bond acceptors (Lipinski definition) is 4. The molecule has 0 radical (unpaired) electrons. The van der Waals surface area contributed by atoms with Gasteiger partial charge in [0.15, 0.2) is 6.61 Å². The van der Waals surface area contributed by atoms with E-state index in [2.05, 4.69) is 10.6 Å². The van der Waals surface area contributed by atoms with E-state index in [1.54, 1.807) is 31.2 Å². The van der Waals surface area contributed by atoms with Gasteiger partial charge in [-0.3, -0.25) is 9.59 Å². The van der Waals surface area contributed by atoms with Gasteiger partial charge in [-0.25, -0.2) is 4.79 Å². The fourth-order valence-electron chi connectivity index (χ4n) is 2.40. The lowest BCUT2D eigenvalue weighted by Gasteiger charge is -2.16. The summed E-state index contributed by atoms with van der Waals surface area (Å²) in [5.41, 5.74) is 1.65. The van der Waals surface area contributed by atoms with Crippen LogP contribution in [0.3, 0.4) is 0 Å². The van der Waals surface area contributed by atoms with E-state index in [1.165, 1.54) is 12.2 Å². The van der Waals surface area contributed by atoms with Crippen LogP contribution in [0.4, 0.5) is 5.69 Å². The van der Waals surface area contributed by atoms with E-state index in [0.717, 1.165) is 5.56 Å². The summed E-state index contributed by atoms with van der Waals surface area (Å²) in [5, 5.41) is 5.51. The van der Waals surface area contributed by atoms with Crippen LogP contribution in [0.1, 0.15) is 35.8 Å². The molecule has 27 heavy (non-hydrogen) atoms. The van der Waals surface area contributed by atoms with Gasteiger partial charge in [0.2, 0.25) is 0 Å². The molecule has 0 saturated heterocycles. The number of allylic oxidation sites excluding steroid dienone is 1. The average Bonchev–Trinajstić information content (AvgIpc) is 2.67. The van der Waals surface area contributed by atoms with Gasteiger partial charge in [-0.2, -0.15) is 0 Å². The van der Waals surface area contributed by atoms with E-state index in [9.17, 15) is 14.4 Å². The van der Waals surface area contributed by atoms with Crippen LogP contribution in [-0.4, -0.2) is 24.4 Å². The molecule has 0 aliphatic carbocycles. The van der Waals surface area contributed by atoms with Crippen molar-refractivity contribution in [2.45, 2.75) is 19.9 Å². The van der Waals surface area contributed by atoms with Crippen molar-refractivity contribution in [2.75, 3.05) is 11.9 Å². The monoisotopic (exact) mass is 366 g/mol. The van der Waals surface area contributed by atoms with Crippen LogP contribution in [-0.2, 0) is 14.3 Å². The van der Waals surface area contributed by atoms with Gasteiger partial charge in [0.25, 0.3) is 11.8 Å². The number of carbonyl (C=O) groups is 3. The molecule has 0 aromatic heterocycles. The van der Waals surface area contributed by atoms with Gasteiger partial charge in [-0.1, -0.05) is 48.5 Å². The summed E-state index contributed by atoms with van der Waals surface area (Å²) < 4.78 is 4.80. The molecule has 0 fully saturated rings. The van der Waals surface area contributed by atoms with Crippen molar-refractivity contribution in [2.24, 2.45) is 0 Å². The van der Waals surface area contributed by atoms with Crippen molar-refractivity contribution < 1.29 is 19.1 Å². The van der Waals surface area contributed by atoms with Gasteiger partial charge in [0, 0.05) is 6.08 Å². The zero-order valence-corrected chi connectivity index (χ0v) is 15.3. The maximum atomic E-state index is 12.6. The Kier molecular flexibility index (Phi) is 7.31. The van der Waals surface area contributed by atoms with Crippen molar-refractivity contribution in [1.29, 1.82) is 0 Å². The van der Waals surface area contributed by atoms with E-state index in [0.29, 0.717) is 11.3 Å². The van der Waals surface area contributed by atoms with Crippen molar-refractivity contribution >= 4 is 23.5 Å². The SMILES string of the molecule is C/C=C/C(=O)OCC(=O)Nc1ccccc1C(=O)N[C@H](C)c1ccccc1. The molecule has 1 atom stereocenters. The van der Waals surface area contributed by atoms with Crippen LogP contribution >= 0.6 is 0 Å². The van der Waals surface area contributed by atoms with E-state index in [-0.39, 0.29) is 11.9 Å². The lowest BCUT2D eigenvalue weighted by Crippen LogP contribution is -2.28. The van der Waals surface area contributed by atoms with E-state index in [4.69, 9.17) is 4.74 Å². The smallest absolute Gasteiger partial charge is 0.330 e. The standard InChI is InChI=1S/C21H22N2O4/c1-3-9-20(25)27-14-19(24)23-18-13-8-7-12-17(18)21(26)22-15(2)16-10-5-4-6-11-16/h3-13,15H,14H2,1-2H3,(H,22,26)(H,23,24)/b9-3+/t15-/m1/s1. The Morgan fingerprint density at radius 2 is 1.70 bits per heavy atom. The minimum absolute atomic E-state index is 0.191. The Bertz CT molecular complexity index is 831. The fourth-order valence-corrected chi connectivity index (χ4v) is 2.40. The maximum Gasteiger partial charge on any atom is 0.330 e. The molecule has 0 heterocycles. The minimum Gasteiger partial charge on any atom is -0.452 e. The highest BCUT2D eigenvalue weighted by molar-refractivity contribution is 6.04. The molecular weight excluding hydrogens is 344 g/mol. The second-order valence-corrected chi connectivity index (χ2v) is 5.81. The molecule has 0 bridgehead atoms. The molecule has 140 valence electrons. The molecular formula is C21H22N2O4. The Balaban J connectivity index is 2.03. The summed E-state index contributed by atoms with van der Waals surface area (Å²) in [4.78, 5) is 35.9. The topological polar surface area (TPSA) is 84.5 Å². The lowest BCUT2D eigenvalue weighted by atomic mass is 10.1. The Morgan fingerprint density at radius 1 is 1.04 bits per heavy atom. The second-order valence-electron chi connectivity index (χ2n) is 5.81. The molecule has 2 aromatic carbocycles. The number of esters is 1. The molecule has 0 saturated carbocycles. The second kappa shape index (κ2) is 9.91. The van der Waals surface area contributed by atoms with E-state index in [1.807, 2.05) is 37.3 Å². The van der Waals surface area contributed by atoms with Gasteiger partial charge in [-0.05, 0) is 31.5 Å². The van der Waals surface area contributed by atoms with E-state index >= 15 is 0 Å². The normalized spacial score (nSPS) is 11.6. The van der Waals surface area contributed by atoms with Crippen LogP contribution in [0.25, 0.3) is 0 Å². The number of anilines is 1. The lowest BCUT2D eigenvalue weighted by molar-refractivity contribution is -0.142. The molecule has 0 aliphatic rings. The zero-order valence-electron chi connectivity index (χ0n) is 15.3. The summed E-state index contributed by atoms with van der Waals surface area (Å²) in [5.74, 6) is -1.44. The number of carbonyl (C=O) groups excluding carboxylic acids is 3. The fraction of sp³-hybridized carbons (Fsp3) is 0.190. The molecule has 6 nitrogen and oxygen atoms in total. The highest BCUT2D eigenvalue weighted by atomic mass is 16.5. The van der Waals surface area contributed by atoms with Crippen molar-refractivity contribution in [3.05, 3.63) is 77.9 Å². The first-order valence-corrected chi connectivity index (χ1v) is 8.55. The van der Waals surface area contributed by atoms with Crippen molar-refractivity contribution in [3.8, 4) is 0 Å². The number of benzene rings is 2. The average molecular weight is 366 g/mol. The third-order valence-electron chi connectivity index (χ3n) is 3.74. The summed E-state index contributed by atoms with van der Waals surface area (Å²) in [6.07, 6.45) is 2.74. The number of rotatable bonds is 7. The van der Waals surface area contributed by atoms with E-state index < -0.39 is 18.5 Å². The third kappa shape index (κ3) is 6.11. The van der Waals surface area contributed by atoms with Crippen molar-refractivity contribution in [3.63, 3.8) is 0 Å². The first kappa shape index (κ1) is 19.9. The van der Waals surface area contributed by atoms with Gasteiger partial charge < -0.3 is 15.4 Å². The maximum absolute atomic E-state index is 12.6. The Labute approximate surface area is 158 Å². The summed E-state index contributed by atoms with van der Waals surface area (Å²) in [6, 6.07) is 16.0. The summed E-state index contributed by atoms with van der Waals surface area (Å²) in [6.45, 7) is 3.13. The van der Waals surface area contributed by atoms with Gasteiger partial charge in [0.05, 0.1) is 17.3 Å². The first-order valence-electron chi connectivity index (χ1n) is 8.55. The highest BCUT2D eigenvalue weighted by Crippen LogP contribution is 2.18. The van der Waals surface area contributed by atoms with Crippen LogP contribution in [0.5, 0.6) is 0 Å². The van der Waals surface area contributed by atoms with Gasteiger partial charge >= 0.3 is 5.97 Å². The molecule has 2 rings (SSSR count). The van der Waals surface area contributed by atoms with Crippen molar-refractivity contribution in [1.82, 2.24) is 5.32 Å². The quantitative estimate of drug-likeness (QED) is 0.582. The van der Waals surface area contributed by atoms with Crippen LogP contribution < -0.4 is 10.6 Å². The summed E-state index contributed by atoms with van der Waals surface area (Å²) >= 11 is 0. The number of nitrogens with one attached hydrogen (secondary N) is 2. The van der Waals surface area contributed by atoms with Crippen LogP contribution in [0.15, 0.2) is 66.7 Å². The highest BCUT2D eigenvalue weighted by Gasteiger charge is 2.16. The predicted molar refractivity (Wildman–Crippen MR) is 103 cm³/mol. The van der Waals surface area contributed by atoms with Gasteiger partial charge in [-0.15, -0.1) is 0 Å². The largest absolute Gasteiger partial charge is 0.452 e. The number of hydrogen-bond donors (Lipinski definition) is 2. The third-order valence-corrected chi connectivity index (χ3v) is 3.74. The molecule has 0 aliphatic heterocycles. The number of para-hydroxylation sites is 1. The van der Waals surface area contributed by atoms with Gasteiger partial charge in [0.1, 0.15) is 0 Å². The number of amides is 2. The zero-order chi connectivity index (χ0) is 19.6. The molecule has 2 N–H and O–H groups in total. The van der Waals surface area contributed by atoms with Crippen LogP contribution in [0, 0.1) is 0 Å². The summed E-state index contributed by atoms with van der Waals surface area (Å²) in [7, 11) is 0. The first-order chi connectivity index (χ1) is 13.0. The molecule has 2 aromatic rings. The minimum atomic E-state index is -0.602. The van der Waals surface area contributed by atoms with Crippen LogP contribution in [0.2, 0.25) is 0 Å². The number of ether oxygens (including phenoxy) is 1.